The fraction of sp³-hybridized carbons (Fsp3) is 0.250. The van der Waals surface area contributed by atoms with Gasteiger partial charge in [0.25, 0.3) is 0 Å². The number of rotatable bonds is 0. The Kier molecular flexibility index (Phi) is 9.55. The lowest BCUT2D eigenvalue weighted by molar-refractivity contribution is 0.617. The second-order valence-electron chi connectivity index (χ2n) is 6.59. The molecule has 0 unspecified atom stereocenters. The minimum absolute atomic E-state index is 0.116. The summed E-state index contributed by atoms with van der Waals surface area (Å²) in [6.45, 7) is 11.9. The fourth-order valence-corrected chi connectivity index (χ4v) is 2.58. The average molecular weight is 405 g/mol. The van der Waals surface area contributed by atoms with E-state index >= 15 is 0 Å². The van der Waals surface area contributed by atoms with Gasteiger partial charge in [-0.25, -0.2) is 4.39 Å². The zero-order chi connectivity index (χ0) is 20.6. The molecule has 0 spiro atoms. The summed E-state index contributed by atoms with van der Waals surface area (Å²) in [5.74, 6) is -0.116. The van der Waals surface area contributed by atoms with Gasteiger partial charge in [0, 0.05) is 10.0 Å². The van der Waals surface area contributed by atoms with Gasteiger partial charge in [0.15, 0.2) is 0 Å². The summed E-state index contributed by atoms with van der Waals surface area (Å²) in [7, 11) is 0. The van der Waals surface area contributed by atoms with Crippen molar-refractivity contribution in [2.45, 2.75) is 41.5 Å². The van der Waals surface area contributed by atoms with Crippen LogP contribution in [0.3, 0.4) is 0 Å². The molecule has 0 atom stereocenters. The third kappa shape index (κ3) is 7.74. The van der Waals surface area contributed by atoms with Crippen LogP contribution < -0.4 is 0 Å². The predicted octanol–water partition coefficient (Wildman–Crippen LogP) is 8.36. The third-order valence-electron chi connectivity index (χ3n) is 4.55. The van der Waals surface area contributed by atoms with E-state index in [1.807, 2.05) is 50.2 Å². The Morgan fingerprint density at radius 1 is 0.593 bits per heavy atom. The van der Waals surface area contributed by atoms with Gasteiger partial charge in [-0.15, -0.1) is 0 Å². The molecule has 3 aromatic carbocycles. The van der Waals surface area contributed by atoms with Gasteiger partial charge in [-0.3, -0.25) is 0 Å². The molecule has 0 nitrogen and oxygen atoms in total. The quantitative estimate of drug-likeness (QED) is 0.352. The summed E-state index contributed by atoms with van der Waals surface area (Å²) >= 11 is 11.5. The zero-order valence-corrected chi connectivity index (χ0v) is 18.3. The summed E-state index contributed by atoms with van der Waals surface area (Å²) in [6.07, 6.45) is 0. The molecule has 0 saturated heterocycles. The second-order valence-corrected chi connectivity index (χ2v) is 7.44. The smallest absolute Gasteiger partial charge is 0.126 e. The molecule has 0 heterocycles. The zero-order valence-electron chi connectivity index (χ0n) is 16.8. The molecule has 0 bridgehead atoms. The Bertz CT molecular complexity index is 796. The predicted molar refractivity (Wildman–Crippen MR) is 118 cm³/mol. The largest absolute Gasteiger partial charge is 0.207 e. The molecule has 0 amide bonds. The molecule has 3 heteroatoms. The summed E-state index contributed by atoms with van der Waals surface area (Å²) in [5, 5.41) is 1.67. The third-order valence-corrected chi connectivity index (χ3v) is 5.19. The first-order chi connectivity index (χ1) is 12.6. The van der Waals surface area contributed by atoms with Crippen molar-refractivity contribution in [1.82, 2.24) is 0 Å². The molecular formula is C24H27Cl2F. The first kappa shape index (κ1) is 23.2. The molecule has 0 radical (unpaired) electrons. The number of halogens is 3. The monoisotopic (exact) mass is 404 g/mol. The number of benzene rings is 3. The van der Waals surface area contributed by atoms with E-state index in [-0.39, 0.29) is 5.82 Å². The average Bonchev–Trinajstić information content (AvgIpc) is 2.62. The molecule has 0 aliphatic carbocycles. The van der Waals surface area contributed by atoms with E-state index in [9.17, 15) is 4.39 Å². The van der Waals surface area contributed by atoms with Gasteiger partial charge < -0.3 is 0 Å². The topological polar surface area (TPSA) is 0 Å². The van der Waals surface area contributed by atoms with E-state index in [0.29, 0.717) is 0 Å². The van der Waals surface area contributed by atoms with Crippen LogP contribution in [0, 0.1) is 47.4 Å². The van der Waals surface area contributed by atoms with Crippen molar-refractivity contribution in [2.24, 2.45) is 0 Å². The molecular weight excluding hydrogens is 378 g/mol. The molecule has 0 aliphatic rings. The summed E-state index contributed by atoms with van der Waals surface area (Å²) in [4.78, 5) is 0. The van der Waals surface area contributed by atoms with Crippen LogP contribution in [-0.4, -0.2) is 0 Å². The van der Waals surface area contributed by atoms with Crippen molar-refractivity contribution in [3.63, 3.8) is 0 Å². The molecule has 0 saturated carbocycles. The van der Waals surface area contributed by atoms with E-state index < -0.39 is 0 Å². The van der Waals surface area contributed by atoms with Crippen molar-refractivity contribution in [3.8, 4) is 0 Å². The Labute approximate surface area is 173 Å². The first-order valence-corrected chi connectivity index (χ1v) is 9.55. The van der Waals surface area contributed by atoms with Gasteiger partial charge in [-0.05, 0) is 99.2 Å². The van der Waals surface area contributed by atoms with Crippen molar-refractivity contribution >= 4 is 23.2 Å². The minimum Gasteiger partial charge on any atom is -0.207 e. The van der Waals surface area contributed by atoms with Gasteiger partial charge in [-0.1, -0.05) is 53.5 Å². The van der Waals surface area contributed by atoms with Crippen molar-refractivity contribution in [2.75, 3.05) is 0 Å². The van der Waals surface area contributed by atoms with Gasteiger partial charge in [0.2, 0.25) is 0 Å². The molecule has 27 heavy (non-hydrogen) atoms. The summed E-state index contributed by atoms with van der Waals surface area (Å²) in [5.41, 5.74) is 6.73. The van der Waals surface area contributed by atoms with Crippen LogP contribution in [0.15, 0.2) is 54.6 Å². The van der Waals surface area contributed by atoms with Crippen LogP contribution in [-0.2, 0) is 0 Å². The SMILES string of the molecule is Cc1ccc(Cl)cc1C.Cc1cccc(Cl)c1C.Cc1cccc(F)c1C. The lowest BCUT2D eigenvalue weighted by Crippen LogP contribution is -1.83. The Hall–Kier alpha value is -1.83. The van der Waals surface area contributed by atoms with Gasteiger partial charge in [0.1, 0.15) is 5.82 Å². The van der Waals surface area contributed by atoms with Gasteiger partial charge in [0.05, 0.1) is 0 Å². The van der Waals surface area contributed by atoms with Crippen LogP contribution >= 0.6 is 23.2 Å². The highest BCUT2D eigenvalue weighted by Gasteiger charge is 1.96. The van der Waals surface area contributed by atoms with Crippen LogP contribution in [0.25, 0.3) is 0 Å². The molecule has 0 N–H and O–H groups in total. The molecule has 0 aromatic heterocycles. The highest BCUT2D eigenvalue weighted by Crippen LogP contribution is 2.17. The van der Waals surface area contributed by atoms with E-state index in [0.717, 1.165) is 21.2 Å². The van der Waals surface area contributed by atoms with E-state index in [1.54, 1.807) is 13.0 Å². The van der Waals surface area contributed by atoms with E-state index in [1.165, 1.54) is 28.3 Å². The highest BCUT2D eigenvalue weighted by molar-refractivity contribution is 6.31. The second kappa shape index (κ2) is 11.1. The molecule has 144 valence electrons. The Balaban J connectivity index is 0.000000202. The normalized spacial score (nSPS) is 9.67. The van der Waals surface area contributed by atoms with Gasteiger partial charge >= 0.3 is 0 Å². The Morgan fingerprint density at radius 3 is 1.56 bits per heavy atom. The Morgan fingerprint density at radius 2 is 1.15 bits per heavy atom. The number of hydrogen-bond acceptors (Lipinski definition) is 0. The lowest BCUT2D eigenvalue weighted by atomic mass is 10.1. The van der Waals surface area contributed by atoms with E-state index in [2.05, 4.69) is 26.8 Å². The molecule has 0 fully saturated rings. The van der Waals surface area contributed by atoms with Crippen molar-refractivity contribution in [3.05, 3.63) is 104 Å². The molecule has 3 aromatic rings. The van der Waals surface area contributed by atoms with Crippen LogP contribution in [0.1, 0.15) is 33.4 Å². The number of aryl methyl sites for hydroxylation is 4. The van der Waals surface area contributed by atoms with Gasteiger partial charge in [-0.2, -0.15) is 0 Å². The molecule has 0 aliphatic heterocycles. The van der Waals surface area contributed by atoms with E-state index in [4.69, 9.17) is 23.2 Å². The van der Waals surface area contributed by atoms with Crippen LogP contribution in [0.2, 0.25) is 10.0 Å². The van der Waals surface area contributed by atoms with Crippen LogP contribution in [0.4, 0.5) is 4.39 Å². The minimum atomic E-state index is -0.116. The lowest BCUT2D eigenvalue weighted by Gasteiger charge is -1.98. The van der Waals surface area contributed by atoms with Crippen LogP contribution in [0.5, 0.6) is 0 Å². The number of hydrogen-bond donors (Lipinski definition) is 0. The summed E-state index contributed by atoms with van der Waals surface area (Å²) < 4.78 is 12.6. The summed E-state index contributed by atoms with van der Waals surface area (Å²) in [6, 6.07) is 16.9. The first-order valence-electron chi connectivity index (χ1n) is 8.79. The van der Waals surface area contributed by atoms with Crippen molar-refractivity contribution < 1.29 is 4.39 Å². The maximum absolute atomic E-state index is 12.6. The maximum atomic E-state index is 12.6. The maximum Gasteiger partial charge on any atom is 0.126 e. The highest BCUT2D eigenvalue weighted by atomic mass is 35.5. The standard InChI is InChI=1S/2C8H9Cl.C8H9F/c1-6-3-4-8(9)5-7(6)2;2*1-6-4-3-5-8(9)7(6)2/h3*3-5H,1-2H3. The van der Waals surface area contributed by atoms with Crippen molar-refractivity contribution in [1.29, 1.82) is 0 Å². The fourth-order valence-electron chi connectivity index (χ4n) is 2.14. The molecule has 3 rings (SSSR count).